The van der Waals surface area contributed by atoms with Gasteiger partial charge in [-0.1, -0.05) is 103 Å². The molecule has 61 heavy (non-hydrogen) atoms. The van der Waals surface area contributed by atoms with E-state index in [2.05, 4.69) is 171 Å². The van der Waals surface area contributed by atoms with E-state index in [4.69, 9.17) is 14.2 Å². The molecular formula is C56H50N2O3. The van der Waals surface area contributed by atoms with Crippen LogP contribution in [0.15, 0.2) is 162 Å². The molecule has 4 atom stereocenters. The average molecular weight is 799 g/mol. The van der Waals surface area contributed by atoms with Gasteiger partial charge in [-0.3, -0.25) is 0 Å². The second-order valence-electron chi connectivity index (χ2n) is 17.9. The first-order valence-corrected chi connectivity index (χ1v) is 22.2. The Morgan fingerprint density at radius 2 is 1.33 bits per heavy atom. The maximum absolute atomic E-state index is 7.45. The third-order valence-corrected chi connectivity index (χ3v) is 13.9. The van der Waals surface area contributed by atoms with Crippen molar-refractivity contribution in [1.29, 1.82) is 0 Å². The third kappa shape index (κ3) is 5.59. The number of fused-ring (bicyclic) bond motifs is 10. The van der Waals surface area contributed by atoms with Crippen LogP contribution in [0.1, 0.15) is 101 Å². The molecule has 0 N–H and O–H groups in total. The Morgan fingerprint density at radius 1 is 0.639 bits per heavy atom. The summed E-state index contributed by atoms with van der Waals surface area (Å²) in [5.74, 6) is 5.32. The minimum Gasteiger partial charge on any atom is -0.483 e. The van der Waals surface area contributed by atoms with Crippen LogP contribution in [0.5, 0.6) is 17.2 Å². The molecule has 5 nitrogen and oxygen atoms in total. The van der Waals surface area contributed by atoms with E-state index in [1.54, 1.807) is 0 Å². The van der Waals surface area contributed by atoms with Gasteiger partial charge in [0.15, 0.2) is 5.75 Å². The normalized spacial score (nSPS) is 23.1. The molecule has 4 unspecified atom stereocenters. The summed E-state index contributed by atoms with van der Waals surface area (Å²) >= 11 is 0. The molecule has 302 valence electrons. The van der Waals surface area contributed by atoms with Gasteiger partial charge in [0.1, 0.15) is 29.1 Å². The van der Waals surface area contributed by atoms with E-state index in [1.165, 1.54) is 61.5 Å². The van der Waals surface area contributed by atoms with Gasteiger partial charge in [-0.05, 0) is 125 Å². The molecule has 0 spiro atoms. The summed E-state index contributed by atoms with van der Waals surface area (Å²) in [7, 11) is 0. The molecule has 12 rings (SSSR count). The van der Waals surface area contributed by atoms with E-state index >= 15 is 0 Å². The van der Waals surface area contributed by atoms with Gasteiger partial charge in [0.25, 0.3) is 0 Å². The largest absolute Gasteiger partial charge is 0.483 e. The predicted molar refractivity (Wildman–Crippen MR) is 247 cm³/mol. The fourth-order valence-corrected chi connectivity index (χ4v) is 11.2. The fourth-order valence-electron chi connectivity index (χ4n) is 11.2. The summed E-state index contributed by atoms with van der Waals surface area (Å²) in [6.07, 6.45) is 33.2. The van der Waals surface area contributed by atoms with Crippen molar-refractivity contribution in [3.05, 3.63) is 206 Å². The predicted octanol–water partition coefficient (Wildman–Crippen LogP) is 13.8. The lowest BCUT2D eigenvalue weighted by molar-refractivity contribution is 0.269. The second-order valence-corrected chi connectivity index (χ2v) is 17.9. The summed E-state index contributed by atoms with van der Waals surface area (Å²) in [6.45, 7) is 8.76. The molecule has 0 amide bonds. The molecule has 3 heterocycles. The smallest absolute Gasteiger partial charge is 0.150 e. The van der Waals surface area contributed by atoms with Crippen molar-refractivity contribution in [2.45, 2.75) is 90.1 Å². The molecule has 5 aliphatic carbocycles. The summed E-state index contributed by atoms with van der Waals surface area (Å²) in [5, 5.41) is 0. The van der Waals surface area contributed by atoms with Crippen LogP contribution in [0.4, 0.5) is 17.1 Å². The van der Waals surface area contributed by atoms with Crippen LogP contribution in [-0.4, -0.2) is 6.10 Å². The minimum absolute atomic E-state index is 0.0147. The molecule has 0 saturated heterocycles. The second kappa shape index (κ2) is 14.1. The highest BCUT2D eigenvalue weighted by Gasteiger charge is 2.46. The number of nitrogens with zero attached hydrogens (tertiary/aromatic N) is 2. The van der Waals surface area contributed by atoms with Crippen LogP contribution in [0, 0.1) is 20.8 Å². The van der Waals surface area contributed by atoms with Gasteiger partial charge in [0.05, 0.1) is 34.6 Å². The van der Waals surface area contributed by atoms with E-state index in [-0.39, 0.29) is 23.9 Å². The quantitative estimate of drug-likeness (QED) is 0.182. The Kier molecular flexibility index (Phi) is 8.39. The Bertz CT molecular complexity index is 2870. The SMILES string of the molecule is CC1=CCCC(N(C2=C3Oc4c(C)cccc4C3CC=C2)c2c3c(c(N(C4=C5Oc6c(C)cccc6C5CC=C4)c4cccc(C)c4)c4c2OC2C=CC=CC42)CCC=C3)=C1. The number of aryl methyl sites for hydroxylation is 3. The zero-order valence-electron chi connectivity index (χ0n) is 35.4. The van der Waals surface area contributed by atoms with Crippen LogP contribution in [0.3, 0.4) is 0 Å². The van der Waals surface area contributed by atoms with E-state index in [9.17, 15) is 0 Å². The highest BCUT2D eigenvalue weighted by Crippen LogP contribution is 2.61. The number of para-hydroxylation sites is 2. The van der Waals surface area contributed by atoms with Crippen molar-refractivity contribution in [2.24, 2.45) is 0 Å². The standard InChI is InChI=1S/C56H50N2O3/c1-33-15-9-19-37(31-33)57(46-28-13-26-43-41-24-11-17-35(3)52(41)60-54(43)46)50-39-21-5-6-22-40(39)51(56-49(50)45-23-7-8-30-48(45)59-56)58(38-20-10-16-34(2)32-38)47-29-14-27-44-42-25-12-18-36(4)53(42)61-55(44)47/h6-9,11-19,22-25,28-32,43-45,48H,5,10,20-21,26-27H2,1-4H3. The molecule has 4 aromatic carbocycles. The number of allylic oxidation sites excluding steroid dienone is 13. The van der Waals surface area contributed by atoms with Gasteiger partial charge < -0.3 is 24.0 Å². The number of hydrogen-bond donors (Lipinski definition) is 0. The Balaban J connectivity index is 1.16. The highest BCUT2D eigenvalue weighted by atomic mass is 16.5. The van der Waals surface area contributed by atoms with E-state index in [0.29, 0.717) is 0 Å². The lowest BCUT2D eigenvalue weighted by atomic mass is 9.82. The first-order valence-electron chi connectivity index (χ1n) is 22.2. The van der Waals surface area contributed by atoms with Crippen LogP contribution >= 0.6 is 0 Å². The van der Waals surface area contributed by atoms with Crippen LogP contribution in [0.2, 0.25) is 0 Å². The van der Waals surface area contributed by atoms with Crippen molar-refractivity contribution < 1.29 is 14.2 Å². The van der Waals surface area contributed by atoms with E-state index in [1.807, 2.05) is 0 Å². The Hall–Kier alpha value is -6.46. The number of hydrogen-bond acceptors (Lipinski definition) is 5. The molecule has 0 fully saturated rings. The summed E-state index contributed by atoms with van der Waals surface area (Å²) < 4.78 is 21.5. The monoisotopic (exact) mass is 798 g/mol. The number of rotatable bonds is 6. The van der Waals surface area contributed by atoms with E-state index in [0.717, 1.165) is 90.1 Å². The van der Waals surface area contributed by atoms with Crippen molar-refractivity contribution in [3.8, 4) is 17.2 Å². The Labute approximate surface area is 359 Å². The Morgan fingerprint density at radius 3 is 2.03 bits per heavy atom. The lowest BCUT2D eigenvalue weighted by Gasteiger charge is -2.39. The molecule has 0 aromatic heterocycles. The fraction of sp³-hybridized carbons (Fsp3) is 0.250. The van der Waals surface area contributed by atoms with Crippen LogP contribution in [-0.2, 0) is 6.42 Å². The lowest BCUT2D eigenvalue weighted by Crippen LogP contribution is -2.29. The third-order valence-electron chi connectivity index (χ3n) is 13.9. The maximum atomic E-state index is 7.45. The molecule has 8 aliphatic rings. The van der Waals surface area contributed by atoms with Gasteiger partial charge in [0, 0.05) is 39.6 Å². The maximum Gasteiger partial charge on any atom is 0.150 e. The van der Waals surface area contributed by atoms with Gasteiger partial charge in [-0.2, -0.15) is 0 Å². The topological polar surface area (TPSA) is 34.2 Å². The minimum atomic E-state index is -0.141. The van der Waals surface area contributed by atoms with Crippen molar-refractivity contribution in [2.75, 3.05) is 9.80 Å². The van der Waals surface area contributed by atoms with Crippen LogP contribution in [0.25, 0.3) is 6.08 Å². The summed E-state index contributed by atoms with van der Waals surface area (Å²) in [5.41, 5.74) is 18.1. The van der Waals surface area contributed by atoms with Gasteiger partial charge in [-0.15, -0.1) is 0 Å². The molecule has 5 heteroatoms. The molecule has 4 aromatic rings. The highest BCUT2D eigenvalue weighted by molar-refractivity contribution is 5.93. The number of anilines is 3. The summed E-state index contributed by atoms with van der Waals surface area (Å²) in [6, 6.07) is 22.2. The average Bonchev–Trinajstić information content (AvgIpc) is 3.98. The van der Waals surface area contributed by atoms with Crippen molar-refractivity contribution >= 4 is 23.1 Å². The number of benzene rings is 4. The van der Waals surface area contributed by atoms with Gasteiger partial charge >= 0.3 is 0 Å². The van der Waals surface area contributed by atoms with Crippen molar-refractivity contribution in [1.82, 2.24) is 0 Å². The van der Waals surface area contributed by atoms with Gasteiger partial charge in [-0.25, -0.2) is 0 Å². The molecule has 0 bridgehead atoms. The first-order chi connectivity index (χ1) is 29.9. The number of ether oxygens (including phenoxy) is 3. The van der Waals surface area contributed by atoms with E-state index < -0.39 is 0 Å². The molecule has 0 saturated carbocycles. The first kappa shape index (κ1) is 36.4. The van der Waals surface area contributed by atoms with Gasteiger partial charge in [0.2, 0.25) is 0 Å². The molecule has 3 aliphatic heterocycles. The van der Waals surface area contributed by atoms with Crippen molar-refractivity contribution in [3.63, 3.8) is 0 Å². The summed E-state index contributed by atoms with van der Waals surface area (Å²) in [4.78, 5) is 5.09. The zero-order chi connectivity index (χ0) is 40.9. The van der Waals surface area contributed by atoms with Crippen LogP contribution < -0.4 is 24.0 Å². The molecule has 0 radical (unpaired) electrons. The zero-order valence-corrected chi connectivity index (χ0v) is 35.4. The molecular weight excluding hydrogens is 749 g/mol.